The van der Waals surface area contributed by atoms with Gasteiger partial charge in [-0.05, 0) is 37.1 Å². The molecule has 0 amide bonds. The first kappa shape index (κ1) is 12.3. The van der Waals surface area contributed by atoms with Crippen LogP contribution in [0.5, 0.6) is 0 Å². The van der Waals surface area contributed by atoms with Crippen molar-refractivity contribution in [1.29, 1.82) is 0 Å². The molecule has 0 bridgehead atoms. The second-order valence-electron chi connectivity index (χ2n) is 4.02. The van der Waals surface area contributed by atoms with Gasteiger partial charge >= 0.3 is 0 Å². The number of anilines is 1. The van der Waals surface area contributed by atoms with Crippen molar-refractivity contribution in [1.82, 2.24) is 0 Å². The van der Waals surface area contributed by atoms with Gasteiger partial charge in [-0.2, -0.15) is 8.42 Å². The number of benzene rings is 1. The lowest BCUT2D eigenvalue weighted by Crippen LogP contribution is -2.18. The molecule has 0 aromatic heterocycles. The first-order valence-corrected chi connectivity index (χ1v) is 6.93. The summed E-state index contributed by atoms with van der Waals surface area (Å²) < 4.78 is 35.9. The Kier molecular flexibility index (Phi) is 3.66. The molecule has 1 saturated heterocycles. The molecule has 94 valence electrons. The zero-order valence-electron chi connectivity index (χ0n) is 9.30. The maximum Gasteiger partial charge on any atom is 0.294 e. The predicted molar refractivity (Wildman–Crippen MR) is 63.7 cm³/mol. The molecule has 0 saturated carbocycles. The van der Waals surface area contributed by atoms with E-state index in [1.807, 2.05) is 0 Å². The van der Waals surface area contributed by atoms with Crippen LogP contribution in [-0.2, 0) is 14.9 Å². The van der Waals surface area contributed by atoms with Gasteiger partial charge in [0.15, 0.2) is 0 Å². The van der Waals surface area contributed by atoms with Crippen molar-refractivity contribution in [3.8, 4) is 0 Å². The molecular formula is C11H15NO4S. The Balaban J connectivity index is 1.94. The Morgan fingerprint density at radius 1 is 1.35 bits per heavy atom. The van der Waals surface area contributed by atoms with E-state index in [1.54, 1.807) is 12.1 Å². The molecule has 2 rings (SSSR count). The van der Waals surface area contributed by atoms with Gasteiger partial charge in [0, 0.05) is 18.8 Å². The van der Waals surface area contributed by atoms with E-state index in [9.17, 15) is 8.42 Å². The normalized spacial score (nSPS) is 20.4. The van der Waals surface area contributed by atoms with Crippen LogP contribution in [0.4, 0.5) is 5.69 Å². The van der Waals surface area contributed by atoms with E-state index in [0.29, 0.717) is 6.54 Å². The lowest BCUT2D eigenvalue weighted by molar-refractivity contribution is 0.120. The Morgan fingerprint density at radius 3 is 2.59 bits per heavy atom. The third-order valence-electron chi connectivity index (χ3n) is 2.71. The zero-order chi connectivity index (χ0) is 12.3. The minimum atomic E-state index is -4.10. The highest BCUT2D eigenvalue weighted by Crippen LogP contribution is 2.16. The predicted octanol–water partition coefficient (Wildman–Crippen LogP) is 1.52. The second-order valence-corrected chi connectivity index (χ2v) is 5.44. The van der Waals surface area contributed by atoms with Crippen molar-refractivity contribution in [2.24, 2.45) is 0 Å². The van der Waals surface area contributed by atoms with Crippen molar-refractivity contribution < 1.29 is 17.7 Å². The van der Waals surface area contributed by atoms with Crippen LogP contribution in [-0.4, -0.2) is 32.2 Å². The minimum absolute atomic E-state index is 0.0971. The van der Waals surface area contributed by atoms with Crippen LogP contribution >= 0.6 is 0 Å². The molecule has 0 aliphatic carbocycles. The maximum atomic E-state index is 10.8. The molecule has 1 aromatic carbocycles. The van der Waals surface area contributed by atoms with E-state index < -0.39 is 10.1 Å². The van der Waals surface area contributed by atoms with E-state index in [4.69, 9.17) is 9.29 Å². The summed E-state index contributed by atoms with van der Waals surface area (Å²) in [4.78, 5) is -0.0971. The van der Waals surface area contributed by atoms with Gasteiger partial charge in [-0.3, -0.25) is 4.55 Å². The standard InChI is InChI=1S/C11H15NO4S/c13-17(14,15)11-5-3-9(4-6-11)12-8-10-2-1-7-16-10/h3-6,10,12H,1-2,7-8H2,(H,13,14,15)/t10-/m1/s1. The first-order valence-electron chi connectivity index (χ1n) is 5.49. The Morgan fingerprint density at radius 2 is 2.06 bits per heavy atom. The van der Waals surface area contributed by atoms with Gasteiger partial charge in [-0.25, -0.2) is 0 Å². The van der Waals surface area contributed by atoms with Crippen LogP contribution in [0.15, 0.2) is 29.2 Å². The third kappa shape index (κ3) is 3.42. The van der Waals surface area contributed by atoms with E-state index >= 15 is 0 Å². The highest BCUT2D eigenvalue weighted by molar-refractivity contribution is 7.85. The fourth-order valence-corrected chi connectivity index (χ4v) is 2.26. The molecule has 1 aliphatic rings. The summed E-state index contributed by atoms with van der Waals surface area (Å²) in [6.07, 6.45) is 2.38. The van der Waals surface area contributed by atoms with Gasteiger partial charge in [-0.15, -0.1) is 0 Å². The fraction of sp³-hybridized carbons (Fsp3) is 0.455. The van der Waals surface area contributed by atoms with Crippen molar-refractivity contribution >= 4 is 15.8 Å². The van der Waals surface area contributed by atoms with Gasteiger partial charge in [0.2, 0.25) is 0 Å². The van der Waals surface area contributed by atoms with Gasteiger partial charge in [0.05, 0.1) is 11.0 Å². The number of hydrogen-bond acceptors (Lipinski definition) is 4. The number of hydrogen-bond donors (Lipinski definition) is 2. The third-order valence-corrected chi connectivity index (χ3v) is 3.58. The minimum Gasteiger partial charge on any atom is -0.382 e. The average Bonchev–Trinajstić information content (AvgIpc) is 2.78. The molecule has 2 N–H and O–H groups in total. The average molecular weight is 257 g/mol. The van der Waals surface area contributed by atoms with E-state index in [1.165, 1.54) is 12.1 Å². The number of rotatable bonds is 4. The molecule has 1 aromatic rings. The first-order chi connectivity index (χ1) is 8.05. The molecule has 0 unspecified atom stereocenters. The van der Waals surface area contributed by atoms with Crippen LogP contribution in [0.1, 0.15) is 12.8 Å². The topological polar surface area (TPSA) is 75.6 Å². The summed E-state index contributed by atoms with van der Waals surface area (Å²) >= 11 is 0. The second kappa shape index (κ2) is 5.03. The molecule has 0 radical (unpaired) electrons. The van der Waals surface area contributed by atoms with Crippen molar-refractivity contribution in [3.63, 3.8) is 0 Å². The Bertz CT molecular complexity index is 463. The highest BCUT2D eigenvalue weighted by Gasteiger charge is 2.15. The maximum absolute atomic E-state index is 10.8. The van der Waals surface area contributed by atoms with Gasteiger partial charge in [0.1, 0.15) is 0 Å². The summed E-state index contributed by atoms with van der Waals surface area (Å²) in [6.45, 7) is 1.53. The van der Waals surface area contributed by atoms with E-state index in [-0.39, 0.29) is 11.0 Å². The van der Waals surface area contributed by atoms with Gasteiger partial charge in [-0.1, -0.05) is 0 Å². The quantitative estimate of drug-likeness (QED) is 0.800. The SMILES string of the molecule is O=S(=O)(O)c1ccc(NC[C@H]2CCCO2)cc1. The Hall–Kier alpha value is -1.11. The molecule has 1 atom stereocenters. The molecule has 6 heteroatoms. The summed E-state index contributed by atoms with van der Waals surface area (Å²) in [5, 5.41) is 3.16. The smallest absolute Gasteiger partial charge is 0.294 e. The molecule has 5 nitrogen and oxygen atoms in total. The van der Waals surface area contributed by atoms with Crippen molar-refractivity contribution in [2.75, 3.05) is 18.5 Å². The molecule has 1 aliphatic heterocycles. The van der Waals surface area contributed by atoms with Crippen molar-refractivity contribution in [2.45, 2.75) is 23.8 Å². The van der Waals surface area contributed by atoms with E-state index in [2.05, 4.69) is 5.32 Å². The molecule has 17 heavy (non-hydrogen) atoms. The summed E-state index contributed by atoms with van der Waals surface area (Å²) in [6, 6.07) is 5.98. The monoisotopic (exact) mass is 257 g/mol. The lowest BCUT2D eigenvalue weighted by atomic mass is 10.2. The molecule has 0 spiro atoms. The number of nitrogens with one attached hydrogen (secondary N) is 1. The molecular weight excluding hydrogens is 242 g/mol. The largest absolute Gasteiger partial charge is 0.382 e. The summed E-state index contributed by atoms with van der Waals surface area (Å²) in [7, 11) is -4.10. The van der Waals surface area contributed by atoms with Crippen LogP contribution in [0.3, 0.4) is 0 Å². The molecule has 1 heterocycles. The molecule has 1 fully saturated rings. The lowest BCUT2D eigenvalue weighted by Gasteiger charge is -2.11. The van der Waals surface area contributed by atoms with Crippen molar-refractivity contribution in [3.05, 3.63) is 24.3 Å². The van der Waals surface area contributed by atoms with Crippen LogP contribution in [0.25, 0.3) is 0 Å². The summed E-state index contributed by atoms with van der Waals surface area (Å²) in [5.74, 6) is 0. The van der Waals surface area contributed by atoms with Crippen LogP contribution in [0, 0.1) is 0 Å². The van der Waals surface area contributed by atoms with Crippen LogP contribution in [0.2, 0.25) is 0 Å². The highest BCUT2D eigenvalue weighted by atomic mass is 32.2. The fourth-order valence-electron chi connectivity index (χ4n) is 1.78. The Labute approximate surface area is 101 Å². The summed E-state index contributed by atoms with van der Waals surface area (Å²) in [5.41, 5.74) is 0.813. The zero-order valence-corrected chi connectivity index (χ0v) is 10.1. The van der Waals surface area contributed by atoms with Crippen LogP contribution < -0.4 is 5.32 Å². The van der Waals surface area contributed by atoms with Gasteiger partial charge < -0.3 is 10.1 Å². The van der Waals surface area contributed by atoms with E-state index in [0.717, 1.165) is 25.1 Å². The van der Waals surface area contributed by atoms with Gasteiger partial charge in [0.25, 0.3) is 10.1 Å². The number of ether oxygens (including phenoxy) is 1.